The van der Waals surface area contributed by atoms with Crippen molar-refractivity contribution in [2.24, 2.45) is 0 Å². The van der Waals surface area contributed by atoms with Gasteiger partial charge >= 0.3 is 0 Å². The number of amides is 1. The van der Waals surface area contributed by atoms with Gasteiger partial charge in [0, 0.05) is 32.1 Å². The lowest BCUT2D eigenvalue weighted by atomic mass is 10.1. The van der Waals surface area contributed by atoms with Crippen molar-refractivity contribution in [2.45, 2.75) is 44.6 Å². The van der Waals surface area contributed by atoms with Gasteiger partial charge in [-0.25, -0.2) is 0 Å². The fraction of sp³-hybridized carbons (Fsp3) is 0.929. The van der Waals surface area contributed by atoms with Crippen molar-refractivity contribution in [3.8, 4) is 0 Å². The van der Waals surface area contributed by atoms with Crippen LogP contribution >= 0.6 is 0 Å². The zero-order chi connectivity index (χ0) is 12.8. The van der Waals surface area contributed by atoms with Crippen LogP contribution in [0, 0.1) is 0 Å². The molecule has 0 aromatic carbocycles. The maximum atomic E-state index is 12.0. The van der Waals surface area contributed by atoms with E-state index in [0.717, 1.165) is 25.7 Å². The van der Waals surface area contributed by atoms with E-state index >= 15 is 0 Å². The maximum Gasteiger partial charge on any atom is 0.223 e. The molecule has 0 aromatic rings. The summed E-state index contributed by atoms with van der Waals surface area (Å²) in [5.41, 5.74) is 0. The van der Waals surface area contributed by atoms with Gasteiger partial charge in [0.2, 0.25) is 5.91 Å². The third-order valence-electron chi connectivity index (χ3n) is 4.30. The molecule has 104 valence electrons. The first-order valence-corrected chi connectivity index (χ1v) is 7.47. The second-order valence-corrected chi connectivity index (χ2v) is 5.56. The summed E-state index contributed by atoms with van der Waals surface area (Å²) in [4.78, 5) is 16.7. The molecule has 2 aliphatic rings. The van der Waals surface area contributed by atoms with Gasteiger partial charge in [0.05, 0.1) is 0 Å². The number of rotatable bonds is 4. The molecule has 0 aromatic heterocycles. The van der Waals surface area contributed by atoms with Gasteiger partial charge in [0.15, 0.2) is 0 Å². The fourth-order valence-electron chi connectivity index (χ4n) is 3.19. The number of nitrogens with one attached hydrogen (secondary N) is 1. The van der Waals surface area contributed by atoms with Crippen LogP contribution in [0.5, 0.6) is 0 Å². The molecule has 0 aliphatic carbocycles. The second kappa shape index (κ2) is 7.10. The van der Waals surface area contributed by atoms with E-state index in [-0.39, 0.29) is 0 Å². The number of hydrogen-bond acceptors (Lipinski definition) is 3. The second-order valence-electron chi connectivity index (χ2n) is 5.56. The average Bonchev–Trinajstić information content (AvgIpc) is 2.80. The Hall–Kier alpha value is -0.610. The van der Waals surface area contributed by atoms with Crippen LogP contribution in [0.1, 0.15) is 38.5 Å². The lowest BCUT2D eigenvalue weighted by Crippen LogP contribution is -2.36. The van der Waals surface area contributed by atoms with E-state index in [2.05, 4.69) is 15.1 Å². The molecule has 2 fully saturated rings. The highest BCUT2D eigenvalue weighted by molar-refractivity contribution is 5.76. The molecule has 2 heterocycles. The van der Waals surface area contributed by atoms with Crippen LogP contribution in [0.2, 0.25) is 0 Å². The highest BCUT2D eigenvalue weighted by Gasteiger charge is 2.25. The number of likely N-dealkylation sites (tertiary alicyclic amines) is 2. The number of carbonyl (C=O) groups excluding carboxylic acids is 1. The van der Waals surface area contributed by atoms with Crippen LogP contribution in [-0.2, 0) is 4.79 Å². The molecular weight excluding hydrogens is 226 g/mol. The van der Waals surface area contributed by atoms with Gasteiger partial charge in [-0.3, -0.25) is 4.79 Å². The number of nitrogens with zero attached hydrogens (tertiary/aromatic N) is 2. The molecule has 0 bridgehead atoms. The first kappa shape index (κ1) is 13.8. The Morgan fingerprint density at radius 3 is 2.61 bits per heavy atom. The smallest absolute Gasteiger partial charge is 0.223 e. The van der Waals surface area contributed by atoms with Crippen LogP contribution in [0.15, 0.2) is 0 Å². The average molecular weight is 253 g/mol. The maximum absolute atomic E-state index is 12.0. The molecule has 18 heavy (non-hydrogen) atoms. The molecule has 2 aliphatic heterocycles. The molecule has 0 spiro atoms. The number of carbonyl (C=O) groups is 1. The monoisotopic (exact) mass is 253 g/mol. The van der Waals surface area contributed by atoms with E-state index in [1.807, 2.05) is 7.05 Å². The number of hydrogen-bond donors (Lipinski definition) is 1. The molecule has 1 atom stereocenters. The quantitative estimate of drug-likeness (QED) is 0.814. The minimum absolute atomic E-state index is 0.325. The highest BCUT2D eigenvalue weighted by Crippen LogP contribution is 2.21. The molecule has 2 saturated heterocycles. The van der Waals surface area contributed by atoms with Crippen molar-refractivity contribution in [1.82, 2.24) is 15.1 Å². The Balaban J connectivity index is 1.78. The van der Waals surface area contributed by atoms with Crippen molar-refractivity contribution in [1.29, 1.82) is 0 Å². The molecular formula is C14H27N3O. The van der Waals surface area contributed by atoms with E-state index in [0.29, 0.717) is 12.3 Å². The van der Waals surface area contributed by atoms with Crippen molar-refractivity contribution in [3.63, 3.8) is 0 Å². The molecule has 0 saturated carbocycles. The fourth-order valence-corrected chi connectivity index (χ4v) is 3.19. The predicted octanol–water partition coefficient (Wildman–Crippen LogP) is 1.07. The van der Waals surface area contributed by atoms with Crippen LogP contribution < -0.4 is 5.32 Å². The van der Waals surface area contributed by atoms with Gasteiger partial charge in [-0.05, 0) is 52.2 Å². The summed E-state index contributed by atoms with van der Waals surface area (Å²) < 4.78 is 0. The molecule has 1 N–H and O–H groups in total. The third-order valence-corrected chi connectivity index (χ3v) is 4.30. The van der Waals surface area contributed by atoms with Crippen LogP contribution in [-0.4, -0.2) is 61.5 Å². The molecule has 1 unspecified atom stereocenters. The van der Waals surface area contributed by atoms with Crippen molar-refractivity contribution < 1.29 is 4.79 Å². The summed E-state index contributed by atoms with van der Waals surface area (Å²) in [5.74, 6) is 0.325. The summed E-state index contributed by atoms with van der Waals surface area (Å²) in [6, 6.07) is 0.731. The summed E-state index contributed by atoms with van der Waals surface area (Å²) >= 11 is 0. The topological polar surface area (TPSA) is 35.6 Å². The van der Waals surface area contributed by atoms with Crippen molar-refractivity contribution in [3.05, 3.63) is 0 Å². The SMILES string of the molecule is CNCCC(=O)N1CCCC(N2CCCC2)CC1. The van der Waals surface area contributed by atoms with Gasteiger partial charge in [0.25, 0.3) is 0 Å². The van der Waals surface area contributed by atoms with Gasteiger partial charge in [-0.2, -0.15) is 0 Å². The molecule has 1 amide bonds. The predicted molar refractivity (Wildman–Crippen MR) is 73.6 cm³/mol. The highest BCUT2D eigenvalue weighted by atomic mass is 16.2. The molecule has 4 nitrogen and oxygen atoms in total. The van der Waals surface area contributed by atoms with E-state index < -0.39 is 0 Å². The Kier molecular flexibility index (Phi) is 5.45. The van der Waals surface area contributed by atoms with E-state index in [9.17, 15) is 4.79 Å². The zero-order valence-electron chi connectivity index (χ0n) is 11.7. The van der Waals surface area contributed by atoms with Gasteiger partial charge in [0.1, 0.15) is 0 Å². The minimum Gasteiger partial charge on any atom is -0.343 e. The lowest BCUT2D eigenvalue weighted by molar-refractivity contribution is -0.131. The minimum atomic E-state index is 0.325. The van der Waals surface area contributed by atoms with Gasteiger partial charge in [-0.1, -0.05) is 0 Å². The Morgan fingerprint density at radius 1 is 1.11 bits per heavy atom. The normalized spacial score (nSPS) is 26.3. The zero-order valence-corrected chi connectivity index (χ0v) is 11.7. The van der Waals surface area contributed by atoms with Crippen molar-refractivity contribution >= 4 is 5.91 Å². The standard InChI is InChI=1S/C14H27N3O/c1-15-8-6-14(18)17-11-4-5-13(7-12-17)16-9-2-3-10-16/h13,15H,2-12H2,1H3. The first-order chi connectivity index (χ1) is 8.81. The summed E-state index contributed by atoms with van der Waals surface area (Å²) in [7, 11) is 1.90. The van der Waals surface area contributed by atoms with E-state index in [4.69, 9.17) is 0 Å². The molecule has 0 radical (unpaired) electrons. The van der Waals surface area contributed by atoms with Crippen LogP contribution in [0.3, 0.4) is 0 Å². The summed E-state index contributed by atoms with van der Waals surface area (Å²) in [6.45, 7) is 5.28. The van der Waals surface area contributed by atoms with E-state index in [1.54, 1.807) is 0 Å². The third kappa shape index (κ3) is 3.69. The Morgan fingerprint density at radius 2 is 1.89 bits per heavy atom. The molecule has 2 rings (SSSR count). The van der Waals surface area contributed by atoms with Crippen molar-refractivity contribution in [2.75, 3.05) is 39.8 Å². The largest absolute Gasteiger partial charge is 0.343 e. The van der Waals surface area contributed by atoms with Crippen LogP contribution in [0.4, 0.5) is 0 Å². The van der Waals surface area contributed by atoms with Gasteiger partial charge in [-0.15, -0.1) is 0 Å². The van der Waals surface area contributed by atoms with E-state index in [1.165, 1.54) is 45.2 Å². The summed E-state index contributed by atoms with van der Waals surface area (Å²) in [5, 5.41) is 3.05. The molecule has 4 heteroatoms. The lowest BCUT2D eigenvalue weighted by Gasteiger charge is -2.26. The first-order valence-electron chi connectivity index (χ1n) is 7.47. The van der Waals surface area contributed by atoms with Gasteiger partial charge < -0.3 is 15.1 Å². The Labute approximate surface area is 111 Å². The Bertz CT molecular complexity index is 264. The van der Waals surface area contributed by atoms with Crippen LogP contribution in [0.25, 0.3) is 0 Å². The summed E-state index contributed by atoms with van der Waals surface area (Å²) in [6.07, 6.45) is 6.99.